The Morgan fingerprint density at radius 2 is 1.61 bits per heavy atom. The fourth-order valence-electron chi connectivity index (χ4n) is 2.48. The molecule has 0 spiro atoms. The number of carboxylic acids is 1. The molecule has 0 aliphatic rings. The molecule has 2 amide bonds. The van der Waals surface area contributed by atoms with Crippen LogP contribution in [0, 0.1) is 5.82 Å². The van der Waals surface area contributed by atoms with Crippen LogP contribution < -0.4 is 10.6 Å². The van der Waals surface area contributed by atoms with Gasteiger partial charge in [-0.1, -0.05) is 40.2 Å². The smallest absolute Gasteiger partial charge is 0.303 e. The monoisotopic (exact) mass is 450 g/mol. The molecule has 3 N–H and O–H groups in total. The van der Waals surface area contributed by atoms with E-state index in [9.17, 15) is 18.8 Å². The molecule has 28 heavy (non-hydrogen) atoms. The van der Waals surface area contributed by atoms with E-state index in [0.29, 0.717) is 5.56 Å². The van der Waals surface area contributed by atoms with Crippen LogP contribution in [-0.4, -0.2) is 28.9 Å². The molecule has 0 radical (unpaired) electrons. The lowest BCUT2D eigenvalue weighted by molar-refractivity contribution is -0.138. The second-order valence-corrected chi connectivity index (χ2v) is 7.12. The Bertz CT molecular complexity index is 825. The fourth-order valence-corrected chi connectivity index (χ4v) is 2.75. The number of carbonyl (C=O) groups is 3. The third-order valence-corrected chi connectivity index (χ3v) is 4.49. The van der Waals surface area contributed by atoms with E-state index in [-0.39, 0.29) is 37.5 Å². The minimum atomic E-state index is -1.06. The molecule has 0 saturated carbocycles. The van der Waals surface area contributed by atoms with Gasteiger partial charge in [0.25, 0.3) is 0 Å². The summed E-state index contributed by atoms with van der Waals surface area (Å²) >= 11 is 3.32. The molecule has 1 atom stereocenters. The van der Waals surface area contributed by atoms with Crippen LogP contribution >= 0.6 is 15.9 Å². The number of hydrogen-bond donors (Lipinski definition) is 3. The molecule has 0 aromatic heterocycles. The van der Waals surface area contributed by atoms with Crippen LogP contribution in [0.3, 0.4) is 0 Å². The van der Waals surface area contributed by atoms with Crippen molar-refractivity contribution in [3.05, 3.63) is 69.9 Å². The summed E-state index contributed by atoms with van der Waals surface area (Å²) in [5.74, 6) is -2.31. The summed E-state index contributed by atoms with van der Waals surface area (Å²) in [4.78, 5) is 35.6. The van der Waals surface area contributed by atoms with Crippen molar-refractivity contribution in [2.45, 2.75) is 31.8 Å². The molecule has 6 nitrogen and oxygen atoms in total. The van der Waals surface area contributed by atoms with Crippen molar-refractivity contribution in [1.82, 2.24) is 10.6 Å². The molecule has 0 saturated heterocycles. The number of amides is 2. The third-order valence-electron chi connectivity index (χ3n) is 3.96. The number of aliphatic carboxylic acids is 1. The maximum absolute atomic E-state index is 12.9. The van der Waals surface area contributed by atoms with Crippen LogP contribution in [-0.2, 0) is 27.3 Å². The minimum absolute atomic E-state index is 0.0311. The largest absolute Gasteiger partial charge is 0.481 e. The summed E-state index contributed by atoms with van der Waals surface area (Å²) in [5.41, 5.74) is 1.46. The van der Waals surface area contributed by atoms with Crippen LogP contribution in [0.2, 0.25) is 0 Å². The predicted molar refractivity (Wildman–Crippen MR) is 105 cm³/mol. The number of nitrogens with one attached hydrogen (secondary N) is 2. The third kappa shape index (κ3) is 7.48. The molecule has 0 unspecified atom stereocenters. The molecule has 8 heteroatoms. The van der Waals surface area contributed by atoms with Crippen molar-refractivity contribution in [3.8, 4) is 0 Å². The van der Waals surface area contributed by atoms with E-state index in [1.807, 2.05) is 0 Å². The molecule has 2 rings (SSSR count). The number of carboxylic acid groups (broad SMARTS) is 1. The van der Waals surface area contributed by atoms with Crippen molar-refractivity contribution in [3.63, 3.8) is 0 Å². The van der Waals surface area contributed by atoms with E-state index >= 15 is 0 Å². The van der Waals surface area contributed by atoms with Gasteiger partial charge in [0.05, 0.1) is 6.42 Å². The lowest BCUT2D eigenvalue weighted by Gasteiger charge is -2.18. The van der Waals surface area contributed by atoms with Crippen molar-refractivity contribution in [2.24, 2.45) is 0 Å². The summed E-state index contributed by atoms with van der Waals surface area (Å²) in [6.07, 6.45) is -0.216. The Kier molecular flexibility index (Phi) is 8.13. The second-order valence-electron chi connectivity index (χ2n) is 6.20. The van der Waals surface area contributed by atoms with Crippen molar-refractivity contribution >= 4 is 33.7 Å². The number of hydrogen-bond acceptors (Lipinski definition) is 3. The Morgan fingerprint density at radius 3 is 2.21 bits per heavy atom. The first-order chi connectivity index (χ1) is 13.3. The highest BCUT2D eigenvalue weighted by Crippen LogP contribution is 2.11. The van der Waals surface area contributed by atoms with E-state index in [1.165, 1.54) is 24.3 Å². The first-order valence-corrected chi connectivity index (χ1v) is 9.40. The Hall–Kier alpha value is -2.74. The lowest BCUT2D eigenvalue weighted by atomic mass is 10.1. The molecule has 0 bridgehead atoms. The SMILES string of the molecule is O=C(O)CC[C@H](NC(=O)Cc1ccc(Br)cc1)C(=O)NCc1ccc(F)cc1. The number of rotatable bonds is 9. The molecular weight excluding hydrogens is 431 g/mol. The van der Waals surface area contributed by atoms with Crippen molar-refractivity contribution in [1.29, 1.82) is 0 Å². The summed E-state index contributed by atoms with van der Waals surface area (Å²) in [5, 5.41) is 14.1. The molecule has 2 aromatic carbocycles. The summed E-state index contributed by atoms with van der Waals surface area (Å²) < 4.78 is 13.8. The van der Waals surface area contributed by atoms with Crippen LogP contribution in [0.4, 0.5) is 4.39 Å². The van der Waals surface area contributed by atoms with Gasteiger partial charge in [-0.3, -0.25) is 14.4 Å². The molecule has 148 valence electrons. The molecule has 0 aliphatic heterocycles. The zero-order chi connectivity index (χ0) is 20.5. The first-order valence-electron chi connectivity index (χ1n) is 8.61. The zero-order valence-corrected chi connectivity index (χ0v) is 16.5. The van der Waals surface area contributed by atoms with E-state index < -0.39 is 17.9 Å². The summed E-state index contributed by atoms with van der Waals surface area (Å²) in [6.45, 7) is 0.144. The summed E-state index contributed by atoms with van der Waals surface area (Å²) in [6, 6.07) is 11.8. The molecule has 0 aliphatic carbocycles. The van der Waals surface area contributed by atoms with Crippen molar-refractivity contribution < 1.29 is 23.9 Å². The summed E-state index contributed by atoms with van der Waals surface area (Å²) in [7, 11) is 0. The van der Waals surface area contributed by atoms with Gasteiger partial charge in [0.2, 0.25) is 11.8 Å². The Morgan fingerprint density at radius 1 is 1.00 bits per heavy atom. The highest BCUT2D eigenvalue weighted by molar-refractivity contribution is 9.10. The normalized spacial score (nSPS) is 11.5. The van der Waals surface area contributed by atoms with Gasteiger partial charge in [0, 0.05) is 17.4 Å². The zero-order valence-electron chi connectivity index (χ0n) is 15.0. The average Bonchev–Trinajstić information content (AvgIpc) is 2.66. The molecule has 0 heterocycles. The van der Waals surface area contributed by atoms with Crippen LogP contribution in [0.25, 0.3) is 0 Å². The Labute approximate surface area is 170 Å². The number of halogens is 2. The standard InChI is InChI=1S/C20H20BrFN2O4/c21-15-5-1-13(2-6-15)11-18(25)24-17(9-10-19(26)27)20(28)23-12-14-3-7-16(22)8-4-14/h1-8,17H,9-12H2,(H,23,28)(H,24,25)(H,26,27)/t17-/m0/s1. The van der Waals surface area contributed by atoms with Crippen LogP contribution in [0.15, 0.2) is 53.0 Å². The lowest BCUT2D eigenvalue weighted by Crippen LogP contribution is -2.47. The van der Waals surface area contributed by atoms with Crippen LogP contribution in [0.1, 0.15) is 24.0 Å². The Balaban J connectivity index is 1.95. The highest BCUT2D eigenvalue weighted by atomic mass is 79.9. The van der Waals surface area contributed by atoms with E-state index in [1.54, 1.807) is 24.3 Å². The van der Waals surface area contributed by atoms with Gasteiger partial charge in [-0.25, -0.2) is 4.39 Å². The molecule has 0 fully saturated rings. The van der Waals surface area contributed by atoms with E-state index in [0.717, 1.165) is 10.0 Å². The maximum atomic E-state index is 12.9. The maximum Gasteiger partial charge on any atom is 0.303 e. The van der Waals surface area contributed by atoms with Gasteiger partial charge in [-0.2, -0.15) is 0 Å². The molecular formula is C20H20BrFN2O4. The highest BCUT2D eigenvalue weighted by Gasteiger charge is 2.21. The quantitative estimate of drug-likeness (QED) is 0.547. The van der Waals surface area contributed by atoms with Gasteiger partial charge >= 0.3 is 5.97 Å². The van der Waals surface area contributed by atoms with Gasteiger partial charge in [-0.15, -0.1) is 0 Å². The first kappa shape index (κ1) is 21.6. The average molecular weight is 451 g/mol. The predicted octanol–water partition coefficient (Wildman–Crippen LogP) is 2.80. The number of carbonyl (C=O) groups excluding carboxylic acids is 2. The van der Waals surface area contributed by atoms with Gasteiger partial charge < -0.3 is 15.7 Å². The van der Waals surface area contributed by atoms with Crippen LogP contribution in [0.5, 0.6) is 0 Å². The fraction of sp³-hybridized carbons (Fsp3) is 0.250. The van der Waals surface area contributed by atoms with E-state index in [2.05, 4.69) is 26.6 Å². The van der Waals surface area contributed by atoms with E-state index in [4.69, 9.17) is 5.11 Å². The molecule has 2 aromatic rings. The minimum Gasteiger partial charge on any atom is -0.481 e. The topological polar surface area (TPSA) is 95.5 Å². The van der Waals surface area contributed by atoms with Gasteiger partial charge in [0.1, 0.15) is 11.9 Å². The van der Waals surface area contributed by atoms with Crippen molar-refractivity contribution in [2.75, 3.05) is 0 Å². The second kappa shape index (κ2) is 10.6. The number of benzene rings is 2. The van der Waals surface area contributed by atoms with Gasteiger partial charge in [0.15, 0.2) is 0 Å². The van der Waals surface area contributed by atoms with Gasteiger partial charge in [-0.05, 0) is 41.8 Å².